The maximum atomic E-state index is 11.5. The van der Waals surface area contributed by atoms with Crippen molar-refractivity contribution in [2.75, 3.05) is 40.0 Å². The average Bonchev–Trinajstić information content (AvgIpc) is 2.33. The molecule has 0 aliphatic carbocycles. The predicted molar refractivity (Wildman–Crippen MR) is 66.0 cm³/mol. The van der Waals surface area contributed by atoms with Gasteiger partial charge in [0.05, 0.1) is 13.2 Å². The van der Waals surface area contributed by atoms with Gasteiger partial charge in [0.15, 0.2) is 0 Å². The first-order valence-electron chi connectivity index (χ1n) is 6.25. The quantitative estimate of drug-likeness (QED) is 0.632. The Morgan fingerprint density at radius 3 is 3.00 bits per heavy atom. The minimum absolute atomic E-state index is 0.0351. The molecule has 17 heavy (non-hydrogen) atoms. The molecule has 2 N–H and O–H groups in total. The van der Waals surface area contributed by atoms with Crippen LogP contribution in [-0.4, -0.2) is 51.5 Å². The monoisotopic (exact) mass is 244 g/mol. The highest BCUT2D eigenvalue weighted by molar-refractivity contribution is 5.78. The lowest BCUT2D eigenvalue weighted by Gasteiger charge is -2.34. The van der Waals surface area contributed by atoms with E-state index < -0.39 is 0 Å². The summed E-state index contributed by atoms with van der Waals surface area (Å²) in [5, 5.41) is 6.12. The molecule has 0 aromatic rings. The second kappa shape index (κ2) is 7.63. The Kier molecular flexibility index (Phi) is 6.47. The van der Waals surface area contributed by atoms with Gasteiger partial charge in [-0.1, -0.05) is 0 Å². The lowest BCUT2D eigenvalue weighted by Crippen LogP contribution is -2.52. The number of rotatable bonds is 7. The van der Waals surface area contributed by atoms with Gasteiger partial charge in [-0.2, -0.15) is 0 Å². The molecule has 0 bridgehead atoms. The summed E-state index contributed by atoms with van der Waals surface area (Å²) in [5.41, 5.74) is -0.0535. The maximum Gasteiger partial charge on any atom is 0.233 e. The Morgan fingerprint density at radius 1 is 1.53 bits per heavy atom. The fraction of sp³-hybridized carbons (Fsp3) is 0.917. The van der Waals surface area contributed by atoms with Crippen LogP contribution < -0.4 is 10.6 Å². The first kappa shape index (κ1) is 14.4. The molecule has 1 fully saturated rings. The number of nitrogens with one attached hydrogen (secondary N) is 2. The fourth-order valence-corrected chi connectivity index (χ4v) is 1.87. The van der Waals surface area contributed by atoms with Crippen molar-refractivity contribution < 1.29 is 14.3 Å². The number of hydrogen-bond acceptors (Lipinski definition) is 4. The van der Waals surface area contributed by atoms with Crippen molar-refractivity contribution in [1.82, 2.24) is 10.6 Å². The van der Waals surface area contributed by atoms with Crippen molar-refractivity contribution in [3.8, 4) is 0 Å². The van der Waals surface area contributed by atoms with Crippen LogP contribution >= 0.6 is 0 Å². The van der Waals surface area contributed by atoms with Crippen LogP contribution in [-0.2, 0) is 14.3 Å². The third-order valence-electron chi connectivity index (χ3n) is 2.96. The van der Waals surface area contributed by atoms with Crippen LogP contribution in [0.15, 0.2) is 0 Å². The Hall–Kier alpha value is -0.650. The summed E-state index contributed by atoms with van der Waals surface area (Å²) in [5.74, 6) is 0.0351. The first-order chi connectivity index (χ1) is 8.16. The molecule has 0 aromatic carbocycles. The molecule has 1 heterocycles. The summed E-state index contributed by atoms with van der Waals surface area (Å²) in [4.78, 5) is 11.5. The van der Waals surface area contributed by atoms with Gasteiger partial charge in [0, 0.05) is 32.4 Å². The van der Waals surface area contributed by atoms with Crippen molar-refractivity contribution >= 4 is 5.91 Å². The molecule has 0 radical (unpaired) electrons. The molecule has 1 aliphatic rings. The number of amides is 1. The number of ether oxygens (including phenoxy) is 2. The van der Waals surface area contributed by atoms with Gasteiger partial charge < -0.3 is 20.1 Å². The van der Waals surface area contributed by atoms with Crippen LogP contribution in [0, 0.1) is 0 Å². The maximum absolute atomic E-state index is 11.5. The molecule has 1 unspecified atom stereocenters. The Labute approximate surface area is 103 Å². The molecule has 5 heteroatoms. The molecule has 1 aliphatic heterocycles. The standard InChI is InChI=1S/C12H24N2O3/c1-12(5-3-8-17-10-12)14-9-11(15)13-6-4-7-16-2/h14H,3-10H2,1-2H3,(H,13,15). The van der Waals surface area contributed by atoms with Crippen LogP contribution in [0.5, 0.6) is 0 Å². The summed E-state index contributed by atoms with van der Waals surface area (Å²) >= 11 is 0. The lowest BCUT2D eigenvalue weighted by atomic mass is 9.95. The largest absolute Gasteiger partial charge is 0.385 e. The zero-order valence-corrected chi connectivity index (χ0v) is 10.9. The van der Waals surface area contributed by atoms with Crippen LogP contribution in [0.25, 0.3) is 0 Å². The van der Waals surface area contributed by atoms with E-state index in [0.717, 1.165) is 25.9 Å². The van der Waals surface area contributed by atoms with E-state index in [1.807, 2.05) is 0 Å². The summed E-state index contributed by atoms with van der Waals surface area (Å²) in [7, 11) is 1.66. The summed E-state index contributed by atoms with van der Waals surface area (Å²) in [6.45, 7) is 5.32. The van der Waals surface area contributed by atoms with Crippen LogP contribution in [0.1, 0.15) is 26.2 Å². The average molecular weight is 244 g/mol. The molecule has 1 rings (SSSR count). The van der Waals surface area contributed by atoms with Gasteiger partial charge in [0.25, 0.3) is 0 Å². The summed E-state index contributed by atoms with van der Waals surface area (Å²) in [6.07, 6.45) is 2.96. The van der Waals surface area contributed by atoms with Crippen molar-refractivity contribution in [3.63, 3.8) is 0 Å². The molecule has 1 atom stereocenters. The molecule has 5 nitrogen and oxygen atoms in total. The van der Waals surface area contributed by atoms with Crippen molar-refractivity contribution in [2.24, 2.45) is 0 Å². The number of carbonyl (C=O) groups is 1. The third kappa shape index (κ3) is 6.00. The van der Waals surface area contributed by atoms with Gasteiger partial charge in [-0.25, -0.2) is 0 Å². The van der Waals surface area contributed by atoms with E-state index in [0.29, 0.717) is 26.3 Å². The Bertz CT molecular complexity index is 228. The number of methoxy groups -OCH3 is 1. The molecule has 1 amide bonds. The number of carbonyl (C=O) groups excluding carboxylic acids is 1. The normalized spacial score (nSPS) is 24.6. The van der Waals surface area contributed by atoms with Crippen molar-refractivity contribution in [2.45, 2.75) is 31.7 Å². The topological polar surface area (TPSA) is 59.6 Å². The van der Waals surface area contributed by atoms with Crippen LogP contribution in [0.3, 0.4) is 0 Å². The van der Waals surface area contributed by atoms with Crippen molar-refractivity contribution in [3.05, 3.63) is 0 Å². The number of hydrogen-bond donors (Lipinski definition) is 2. The molecule has 0 aromatic heterocycles. The van der Waals surface area contributed by atoms with Crippen molar-refractivity contribution in [1.29, 1.82) is 0 Å². The smallest absolute Gasteiger partial charge is 0.233 e. The van der Waals surface area contributed by atoms with E-state index in [1.54, 1.807) is 7.11 Å². The summed E-state index contributed by atoms with van der Waals surface area (Å²) in [6, 6.07) is 0. The minimum Gasteiger partial charge on any atom is -0.385 e. The van der Waals surface area contributed by atoms with E-state index in [2.05, 4.69) is 17.6 Å². The van der Waals surface area contributed by atoms with Gasteiger partial charge >= 0.3 is 0 Å². The second-order valence-corrected chi connectivity index (χ2v) is 4.77. The molecule has 0 spiro atoms. The fourth-order valence-electron chi connectivity index (χ4n) is 1.87. The minimum atomic E-state index is -0.0535. The van der Waals surface area contributed by atoms with Gasteiger partial charge in [-0.05, 0) is 26.2 Å². The highest BCUT2D eigenvalue weighted by atomic mass is 16.5. The lowest BCUT2D eigenvalue weighted by molar-refractivity contribution is -0.120. The molecule has 1 saturated heterocycles. The van der Waals surface area contributed by atoms with Gasteiger partial charge in [0.1, 0.15) is 0 Å². The highest BCUT2D eigenvalue weighted by Gasteiger charge is 2.27. The van der Waals surface area contributed by atoms with Gasteiger partial charge in [0.2, 0.25) is 5.91 Å². The van der Waals surface area contributed by atoms with Crippen LogP contribution in [0.2, 0.25) is 0 Å². The zero-order chi connectivity index (χ0) is 12.6. The van der Waals surface area contributed by atoms with E-state index >= 15 is 0 Å². The molecule has 100 valence electrons. The molecule has 0 saturated carbocycles. The molecular formula is C12H24N2O3. The van der Waals surface area contributed by atoms with Crippen LogP contribution in [0.4, 0.5) is 0 Å². The van der Waals surface area contributed by atoms with Gasteiger partial charge in [-0.3, -0.25) is 4.79 Å². The SMILES string of the molecule is COCCCNC(=O)CNC1(C)CCCOC1. The Morgan fingerprint density at radius 2 is 2.35 bits per heavy atom. The first-order valence-corrected chi connectivity index (χ1v) is 6.25. The van der Waals surface area contributed by atoms with E-state index in [9.17, 15) is 4.79 Å². The zero-order valence-electron chi connectivity index (χ0n) is 10.9. The highest BCUT2D eigenvalue weighted by Crippen LogP contribution is 2.17. The second-order valence-electron chi connectivity index (χ2n) is 4.77. The predicted octanol–water partition coefficient (Wildman–Crippen LogP) is 0.298. The Balaban J connectivity index is 2.10. The van der Waals surface area contributed by atoms with E-state index in [-0.39, 0.29) is 11.4 Å². The molecular weight excluding hydrogens is 220 g/mol. The van der Waals surface area contributed by atoms with Gasteiger partial charge in [-0.15, -0.1) is 0 Å². The van der Waals surface area contributed by atoms with E-state index in [1.165, 1.54) is 0 Å². The summed E-state index contributed by atoms with van der Waals surface area (Å²) < 4.78 is 10.3. The van der Waals surface area contributed by atoms with E-state index in [4.69, 9.17) is 9.47 Å². The third-order valence-corrected chi connectivity index (χ3v) is 2.96.